The maximum atomic E-state index is 6.69. The number of likely N-dealkylation sites (N-methyl/N-ethyl adjacent to an activating group) is 1. The first-order valence-corrected chi connectivity index (χ1v) is 12.2. The molecule has 8 N–H and O–H groups in total. The van der Waals surface area contributed by atoms with Crippen LogP contribution in [0.3, 0.4) is 0 Å². The number of rotatable bonds is 6. The van der Waals surface area contributed by atoms with Crippen LogP contribution in [0.1, 0.15) is 41.5 Å². The second-order valence-corrected chi connectivity index (χ2v) is 11.8. The highest BCUT2D eigenvalue weighted by Gasteiger charge is 2.34. The van der Waals surface area contributed by atoms with Gasteiger partial charge in [-0.05, 0) is 41.0 Å². The highest BCUT2D eigenvalue weighted by Crippen LogP contribution is 2.23. The van der Waals surface area contributed by atoms with Crippen molar-refractivity contribution in [3.63, 3.8) is 0 Å². The van der Waals surface area contributed by atoms with Crippen molar-refractivity contribution >= 4 is 11.8 Å². The summed E-state index contributed by atoms with van der Waals surface area (Å²) < 4.78 is 0.0761. The van der Waals surface area contributed by atoms with Crippen molar-refractivity contribution in [3.8, 4) is 0 Å². The number of thioether (sulfide) groups is 1. The summed E-state index contributed by atoms with van der Waals surface area (Å²) in [5.74, 6) is 0. The van der Waals surface area contributed by atoms with Crippen LogP contribution in [0.5, 0.6) is 0 Å². The largest absolute Gasteiger partial charge is 0.322 e. The van der Waals surface area contributed by atoms with Gasteiger partial charge >= 0.3 is 0 Å². The molecule has 0 amide bonds. The average Bonchev–Trinajstić information content (AvgIpc) is 2.60. The molecule has 0 spiro atoms. The van der Waals surface area contributed by atoms with E-state index >= 15 is 0 Å². The number of nitrogens with one attached hydrogen (secondary N) is 6. The Bertz CT molecular complexity index is 442. The van der Waals surface area contributed by atoms with Gasteiger partial charge in [-0.3, -0.25) is 0 Å². The smallest absolute Gasteiger partial charge is 0.0533 e. The molecule has 0 saturated carbocycles. The van der Waals surface area contributed by atoms with Gasteiger partial charge < -0.3 is 37.6 Å². The van der Waals surface area contributed by atoms with Gasteiger partial charge in [0.2, 0.25) is 0 Å². The van der Waals surface area contributed by atoms with E-state index in [9.17, 15) is 0 Å². The summed E-state index contributed by atoms with van der Waals surface area (Å²) >= 11 is 1.95. The molecule has 8 heteroatoms. The first kappa shape index (κ1) is 27.1. The highest BCUT2D eigenvalue weighted by atomic mass is 32.2. The Labute approximate surface area is 184 Å². The van der Waals surface area contributed by atoms with Crippen LogP contribution in [0.2, 0.25) is 0 Å². The second kappa shape index (κ2) is 11.6. The van der Waals surface area contributed by atoms with E-state index in [0.29, 0.717) is 6.04 Å². The summed E-state index contributed by atoms with van der Waals surface area (Å²) in [6.07, 6.45) is 2.23. The van der Waals surface area contributed by atoms with Crippen LogP contribution < -0.4 is 37.6 Å². The molecule has 1 fully saturated rings. The van der Waals surface area contributed by atoms with Gasteiger partial charge in [0.25, 0.3) is 0 Å². The standard InChI is InChI=1S/C21H49N7S/c1-17(2)26-14-21(29-8)15-27-18(3,4)9-24-12-20(22,11-23-7)13-25-10-19(5,6)28-16-21/h17,23-28H,9-16,22H2,1-8H3. The third kappa shape index (κ3) is 10.3. The molecule has 0 aromatic carbocycles. The summed E-state index contributed by atoms with van der Waals surface area (Å²) in [6.45, 7) is 20.4. The van der Waals surface area contributed by atoms with Crippen molar-refractivity contribution in [1.82, 2.24) is 31.9 Å². The fourth-order valence-electron chi connectivity index (χ4n) is 3.51. The lowest BCUT2D eigenvalue weighted by Crippen LogP contribution is -2.65. The Kier molecular flexibility index (Phi) is 10.9. The van der Waals surface area contributed by atoms with Crippen molar-refractivity contribution in [3.05, 3.63) is 0 Å². The molecule has 1 aliphatic heterocycles. The Morgan fingerprint density at radius 2 is 1.34 bits per heavy atom. The van der Waals surface area contributed by atoms with E-state index in [1.54, 1.807) is 0 Å². The van der Waals surface area contributed by atoms with Crippen LogP contribution in [0.15, 0.2) is 0 Å². The third-order valence-electron chi connectivity index (χ3n) is 5.66. The van der Waals surface area contributed by atoms with Gasteiger partial charge in [-0.25, -0.2) is 0 Å². The molecule has 0 atom stereocenters. The van der Waals surface area contributed by atoms with E-state index in [4.69, 9.17) is 5.73 Å². The third-order valence-corrected chi connectivity index (χ3v) is 6.96. The zero-order valence-electron chi connectivity index (χ0n) is 20.2. The van der Waals surface area contributed by atoms with E-state index in [1.807, 2.05) is 18.8 Å². The van der Waals surface area contributed by atoms with Crippen molar-refractivity contribution in [2.75, 3.05) is 65.7 Å². The molecular weight excluding hydrogens is 382 g/mol. The van der Waals surface area contributed by atoms with Crippen LogP contribution in [0, 0.1) is 0 Å². The quantitative estimate of drug-likeness (QED) is 0.314. The van der Waals surface area contributed by atoms with Gasteiger partial charge in [-0.1, -0.05) is 13.8 Å². The molecule has 0 radical (unpaired) electrons. The molecule has 29 heavy (non-hydrogen) atoms. The lowest BCUT2D eigenvalue weighted by Gasteiger charge is -2.41. The Morgan fingerprint density at radius 1 is 0.862 bits per heavy atom. The predicted octanol–water partition coefficient (Wildman–Crippen LogP) is -0.0677. The van der Waals surface area contributed by atoms with Crippen molar-refractivity contribution in [2.24, 2.45) is 5.73 Å². The van der Waals surface area contributed by atoms with Crippen LogP contribution in [0.25, 0.3) is 0 Å². The van der Waals surface area contributed by atoms with E-state index in [-0.39, 0.29) is 21.4 Å². The SMILES string of the molecule is CNCC1(N)CNCC(C)(C)NCC(CNC(C)C)(SC)CNC(C)(C)CNC1. The first-order valence-electron chi connectivity index (χ1n) is 11.0. The van der Waals surface area contributed by atoms with Crippen LogP contribution in [-0.4, -0.2) is 93.1 Å². The monoisotopic (exact) mass is 431 g/mol. The summed E-state index contributed by atoms with van der Waals surface area (Å²) in [4.78, 5) is 0. The highest BCUT2D eigenvalue weighted by molar-refractivity contribution is 8.00. The van der Waals surface area contributed by atoms with E-state index in [2.05, 4.69) is 79.7 Å². The fraction of sp³-hybridized carbons (Fsp3) is 1.00. The van der Waals surface area contributed by atoms with Crippen molar-refractivity contribution < 1.29 is 0 Å². The van der Waals surface area contributed by atoms with Gasteiger partial charge in [0.05, 0.1) is 10.3 Å². The molecule has 1 saturated heterocycles. The molecule has 0 bridgehead atoms. The maximum Gasteiger partial charge on any atom is 0.0533 e. The molecule has 0 aromatic heterocycles. The summed E-state index contributed by atoms with van der Waals surface area (Å²) in [7, 11) is 1.96. The Hall–Kier alpha value is 0.0700. The lowest BCUT2D eigenvalue weighted by molar-refractivity contribution is 0.272. The maximum absolute atomic E-state index is 6.69. The number of hydrogen-bond donors (Lipinski definition) is 7. The van der Waals surface area contributed by atoms with Gasteiger partial charge in [0.1, 0.15) is 0 Å². The van der Waals surface area contributed by atoms with E-state index in [1.165, 1.54) is 0 Å². The van der Waals surface area contributed by atoms with Crippen molar-refractivity contribution in [1.29, 1.82) is 0 Å². The molecule has 1 rings (SSSR count). The van der Waals surface area contributed by atoms with Crippen LogP contribution in [-0.2, 0) is 0 Å². The average molecular weight is 432 g/mol. The van der Waals surface area contributed by atoms with Gasteiger partial charge in [0.15, 0.2) is 0 Å². The number of hydrogen-bond acceptors (Lipinski definition) is 8. The minimum absolute atomic E-state index is 0.0214. The minimum atomic E-state index is -0.324. The molecular formula is C21H49N7S. The van der Waals surface area contributed by atoms with Crippen molar-refractivity contribution in [2.45, 2.75) is 68.9 Å². The summed E-state index contributed by atoms with van der Waals surface area (Å²) in [6, 6.07) is 0.473. The number of nitrogens with two attached hydrogens (primary N) is 1. The topological polar surface area (TPSA) is 98.2 Å². The Morgan fingerprint density at radius 3 is 1.72 bits per heavy atom. The Balaban J connectivity index is 2.99. The van der Waals surface area contributed by atoms with E-state index in [0.717, 1.165) is 52.4 Å². The van der Waals surface area contributed by atoms with Gasteiger partial charge in [0, 0.05) is 69.5 Å². The zero-order chi connectivity index (χ0) is 22.2. The van der Waals surface area contributed by atoms with Gasteiger partial charge in [-0.2, -0.15) is 11.8 Å². The summed E-state index contributed by atoms with van der Waals surface area (Å²) in [5.41, 5.74) is 6.32. The van der Waals surface area contributed by atoms with Gasteiger partial charge in [-0.15, -0.1) is 0 Å². The molecule has 1 aliphatic rings. The van der Waals surface area contributed by atoms with Crippen LogP contribution >= 0.6 is 11.8 Å². The van der Waals surface area contributed by atoms with Crippen LogP contribution in [0.4, 0.5) is 0 Å². The normalized spacial score (nSPS) is 32.1. The molecule has 0 aliphatic carbocycles. The molecule has 0 aromatic rings. The first-order chi connectivity index (χ1) is 13.4. The zero-order valence-corrected chi connectivity index (χ0v) is 21.0. The summed E-state index contributed by atoms with van der Waals surface area (Å²) in [5, 5.41) is 21.8. The molecule has 0 unspecified atom stereocenters. The second-order valence-electron chi connectivity index (χ2n) is 10.5. The molecule has 7 nitrogen and oxygen atoms in total. The molecule has 174 valence electrons. The van der Waals surface area contributed by atoms with E-state index < -0.39 is 0 Å². The fourth-order valence-corrected chi connectivity index (χ4v) is 4.17. The predicted molar refractivity (Wildman–Crippen MR) is 130 cm³/mol. The lowest BCUT2D eigenvalue weighted by atomic mass is 9.96. The molecule has 1 heterocycles. The minimum Gasteiger partial charge on any atom is -0.322 e.